The van der Waals surface area contributed by atoms with E-state index in [-0.39, 0.29) is 23.9 Å². The maximum Gasteiger partial charge on any atom is 0.336 e. The molecule has 8 nitrogen and oxygen atoms in total. The predicted molar refractivity (Wildman–Crippen MR) is 149 cm³/mol. The lowest BCUT2D eigenvalue weighted by Gasteiger charge is -2.37. The van der Waals surface area contributed by atoms with E-state index in [1.54, 1.807) is 12.1 Å². The third-order valence-corrected chi connectivity index (χ3v) is 6.89. The number of benzene rings is 3. The molecule has 3 aromatic rings. The maximum absolute atomic E-state index is 12.9. The molecule has 0 spiro atoms. The lowest BCUT2D eigenvalue weighted by molar-refractivity contribution is -0.00214. The minimum absolute atomic E-state index is 0.219. The van der Waals surface area contributed by atoms with Gasteiger partial charge < -0.3 is 25.0 Å². The number of rotatable bonds is 9. The second kappa shape index (κ2) is 12.5. The van der Waals surface area contributed by atoms with E-state index < -0.39 is 0 Å². The number of carbonyl (C=O) groups is 1. The van der Waals surface area contributed by atoms with Gasteiger partial charge in [0.1, 0.15) is 5.75 Å². The van der Waals surface area contributed by atoms with Gasteiger partial charge in [-0.15, -0.1) is 0 Å². The number of aromatic hydroxyl groups is 1. The fourth-order valence-corrected chi connectivity index (χ4v) is 4.65. The third-order valence-electron chi connectivity index (χ3n) is 6.89. The van der Waals surface area contributed by atoms with Crippen LogP contribution in [-0.4, -0.2) is 54.5 Å². The van der Waals surface area contributed by atoms with Crippen LogP contribution in [0.1, 0.15) is 25.8 Å². The number of piperazine rings is 1. The molecule has 196 valence electrons. The van der Waals surface area contributed by atoms with Crippen LogP contribution in [0, 0.1) is 0 Å². The van der Waals surface area contributed by atoms with Crippen molar-refractivity contribution in [2.24, 2.45) is 5.84 Å². The number of nitrogens with two attached hydrogens (primary N) is 1. The monoisotopic (exact) mass is 503 g/mol. The molecular weight excluding hydrogens is 466 g/mol. The van der Waals surface area contributed by atoms with Gasteiger partial charge in [0.05, 0.1) is 18.8 Å². The van der Waals surface area contributed by atoms with Crippen LogP contribution >= 0.6 is 0 Å². The number of urea groups is 1. The van der Waals surface area contributed by atoms with Crippen LogP contribution in [-0.2, 0) is 11.3 Å². The van der Waals surface area contributed by atoms with Crippen LogP contribution in [0.5, 0.6) is 5.75 Å². The molecule has 0 aliphatic carbocycles. The topological polar surface area (TPSA) is 94.3 Å². The van der Waals surface area contributed by atoms with Crippen LogP contribution < -0.4 is 21.0 Å². The van der Waals surface area contributed by atoms with Crippen molar-refractivity contribution in [1.29, 1.82) is 0 Å². The summed E-state index contributed by atoms with van der Waals surface area (Å²) in [6.07, 6.45) is 0.457. The minimum Gasteiger partial charge on any atom is -0.508 e. The standard InChI is InChI=1S/C29H37N5O3/c1-3-28(22(2)37-21-23-7-5-4-6-8-23)34(30)29(36)31-24-9-11-25(12-10-24)32-17-19-33(20-18-32)26-13-15-27(35)16-14-26/h4-16,22,28,35H,3,17-21,30H2,1-2H3,(H,31,36)/t22-,28?/m0/s1. The SMILES string of the molecule is CCC([C@H](C)OCc1ccccc1)N(N)C(=O)Nc1ccc(N2CCN(c3ccc(O)cc3)CC2)cc1. The molecule has 4 rings (SSSR count). The molecule has 1 unspecified atom stereocenters. The van der Waals surface area contributed by atoms with E-state index in [0.29, 0.717) is 18.7 Å². The van der Waals surface area contributed by atoms with Crippen molar-refractivity contribution >= 4 is 23.1 Å². The Labute approximate surface area is 219 Å². The van der Waals surface area contributed by atoms with E-state index in [1.165, 1.54) is 5.01 Å². The molecule has 0 radical (unpaired) electrons. The van der Waals surface area contributed by atoms with Crippen LogP contribution in [0.4, 0.5) is 21.9 Å². The molecule has 1 heterocycles. The van der Waals surface area contributed by atoms with E-state index >= 15 is 0 Å². The van der Waals surface area contributed by atoms with Crippen LogP contribution in [0.3, 0.4) is 0 Å². The Balaban J connectivity index is 1.27. The fraction of sp³-hybridized carbons (Fsp3) is 0.345. The van der Waals surface area contributed by atoms with E-state index in [1.807, 2.05) is 80.6 Å². The van der Waals surface area contributed by atoms with Gasteiger partial charge in [0, 0.05) is 43.2 Å². The number of phenolic OH excluding ortho intramolecular Hbond substituents is 1. The zero-order valence-electron chi connectivity index (χ0n) is 21.6. The summed E-state index contributed by atoms with van der Waals surface area (Å²) in [6.45, 7) is 7.99. The van der Waals surface area contributed by atoms with Gasteiger partial charge in [-0.05, 0) is 67.4 Å². The summed E-state index contributed by atoms with van der Waals surface area (Å²) in [5, 5.41) is 13.7. The lowest BCUT2D eigenvalue weighted by atomic mass is 10.1. The van der Waals surface area contributed by atoms with Crippen LogP contribution in [0.25, 0.3) is 0 Å². The number of carbonyl (C=O) groups excluding carboxylic acids is 1. The first-order valence-electron chi connectivity index (χ1n) is 12.8. The van der Waals surface area contributed by atoms with Gasteiger partial charge in [-0.1, -0.05) is 37.3 Å². The van der Waals surface area contributed by atoms with Gasteiger partial charge >= 0.3 is 6.03 Å². The first kappa shape index (κ1) is 26.3. The number of hydrazine groups is 1. The van der Waals surface area contributed by atoms with Gasteiger partial charge in [0.2, 0.25) is 0 Å². The highest BCUT2D eigenvalue weighted by molar-refractivity contribution is 5.89. The van der Waals surface area contributed by atoms with Gasteiger partial charge in [-0.25, -0.2) is 10.6 Å². The highest BCUT2D eigenvalue weighted by atomic mass is 16.5. The molecule has 3 aromatic carbocycles. The number of nitrogens with one attached hydrogen (secondary N) is 1. The van der Waals surface area contributed by atoms with E-state index in [2.05, 4.69) is 15.1 Å². The molecule has 1 aliphatic heterocycles. The number of anilines is 3. The predicted octanol–water partition coefficient (Wildman–Crippen LogP) is 4.81. The third kappa shape index (κ3) is 6.93. The molecule has 0 aromatic heterocycles. The van der Waals surface area contributed by atoms with Gasteiger partial charge in [0.15, 0.2) is 0 Å². The normalized spacial score (nSPS) is 15.2. The summed E-state index contributed by atoms with van der Waals surface area (Å²) in [5.41, 5.74) is 4.01. The van der Waals surface area contributed by atoms with E-state index in [4.69, 9.17) is 10.6 Å². The number of amides is 2. The van der Waals surface area contributed by atoms with Crippen LogP contribution in [0.2, 0.25) is 0 Å². The number of hydrogen-bond acceptors (Lipinski definition) is 6. The Morgan fingerprint density at radius 3 is 2.03 bits per heavy atom. The van der Waals surface area contributed by atoms with Crippen molar-refractivity contribution < 1.29 is 14.6 Å². The Morgan fingerprint density at radius 1 is 0.946 bits per heavy atom. The number of hydrogen-bond donors (Lipinski definition) is 3. The number of ether oxygens (including phenoxy) is 1. The molecule has 8 heteroatoms. The molecule has 1 saturated heterocycles. The van der Waals surface area contributed by atoms with E-state index in [9.17, 15) is 9.90 Å². The molecule has 1 aliphatic rings. The van der Waals surface area contributed by atoms with Crippen molar-refractivity contribution in [1.82, 2.24) is 5.01 Å². The Bertz CT molecular complexity index is 1120. The highest BCUT2D eigenvalue weighted by Crippen LogP contribution is 2.24. The average molecular weight is 504 g/mol. The Kier molecular flexibility index (Phi) is 8.87. The highest BCUT2D eigenvalue weighted by Gasteiger charge is 2.26. The Hall–Kier alpha value is -3.75. The first-order valence-corrected chi connectivity index (χ1v) is 12.8. The number of nitrogens with zero attached hydrogens (tertiary/aromatic N) is 3. The molecular formula is C29H37N5O3. The lowest BCUT2D eigenvalue weighted by Crippen LogP contribution is -2.52. The summed E-state index contributed by atoms with van der Waals surface area (Å²) < 4.78 is 6.00. The van der Waals surface area contributed by atoms with Gasteiger partial charge in [-0.3, -0.25) is 5.01 Å². The second-order valence-electron chi connectivity index (χ2n) is 9.35. The molecule has 2 amide bonds. The van der Waals surface area contributed by atoms with Crippen molar-refractivity contribution in [2.75, 3.05) is 41.3 Å². The van der Waals surface area contributed by atoms with Gasteiger partial charge in [0.25, 0.3) is 0 Å². The maximum atomic E-state index is 12.9. The molecule has 1 fully saturated rings. The van der Waals surface area contributed by atoms with Gasteiger partial charge in [-0.2, -0.15) is 0 Å². The molecule has 2 atom stereocenters. The number of phenols is 1. The smallest absolute Gasteiger partial charge is 0.336 e. The molecule has 0 bridgehead atoms. The molecule has 37 heavy (non-hydrogen) atoms. The molecule has 0 saturated carbocycles. The van der Waals surface area contributed by atoms with E-state index in [0.717, 1.165) is 43.1 Å². The van der Waals surface area contributed by atoms with Crippen molar-refractivity contribution in [3.8, 4) is 5.75 Å². The largest absolute Gasteiger partial charge is 0.508 e. The van der Waals surface area contributed by atoms with Crippen molar-refractivity contribution in [2.45, 2.75) is 39.0 Å². The summed E-state index contributed by atoms with van der Waals surface area (Å²) in [7, 11) is 0. The average Bonchev–Trinajstić information content (AvgIpc) is 2.94. The second-order valence-corrected chi connectivity index (χ2v) is 9.35. The zero-order valence-corrected chi connectivity index (χ0v) is 21.6. The van der Waals surface area contributed by atoms with Crippen LogP contribution in [0.15, 0.2) is 78.9 Å². The quantitative estimate of drug-likeness (QED) is 0.220. The van der Waals surface area contributed by atoms with Crippen molar-refractivity contribution in [3.63, 3.8) is 0 Å². The summed E-state index contributed by atoms with van der Waals surface area (Å²) in [5.74, 6) is 6.50. The Morgan fingerprint density at radius 2 is 1.49 bits per heavy atom. The summed E-state index contributed by atoms with van der Waals surface area (Å²) in [4.78, 5) is 17.5. The summed E-state index contributed by atoms with van der Waals surface area (Å²) in [6, 6.07) is 24.5. The zero-order chi connectivity index (χ0) is 26.2. The van der Waals surface area contributed by atoms with Crippen molar-refractivity contribution in [3.05, 3.63) is 84.4 Å². The summed E-state index contributed by atoms with van der Waals surface area (Å²) >= 11 is 0. The fourth-order valence-electron chi connectivity index (χ4n) is 4.65. The first-order chi connectivity index (χ1) is 17.9. The molecule has 4 N–H and O–H groups in total. The minimum atomic E-state index is -0.364.